The Labute approximate surface area is 228 Å². The molecule has 0 bridgehead atoms. The van der Waals surface area contributed by atoms with Crippen LogP contribution in [0.3, 0.4) is 0 Å². The number of hydrogen-bond acceptors (Lipinski definition) is 5. The summed E-state index contributed by atoms with van der Waals surface area (Å²) in [6.45, 7) is 0. The molecule has 3 unspecified atom stereocenters. The fourth-order valence-corrected chi connectivity index (χ4v) is 5.64. The molecule has 0 N–H and O–H groups in total. The topological polar surface area (TPSA) is 59.1 Å². The Kier molecular flexibility index (Phi) is 6.11. The van der Waals surface area contributed by atoms with Gasteiger partial charge in [0.05, 0.1) is 24.0 Å². The van der Waals surface area contributed by atoms with Gasteiger partial charge in [0.1, 0.15) is 17.2 Å². The maximum absolute atomic E-state index is 14.7. The lowest BCUT2D eigenvalue weighted by atomic mass is 9.69. The lowest BCUT2D eigenvalue weighted by molar-refractivity contribution is -0.137. The number of para-hydroxylation sites is 1. The molecule has 202 valence electrons. The van der Waals surface area contributed by atoms with E-state index in [2.05, 4.69) is 0 Å². The number of carbonyl (C=O) groups is 2. The van der Waals surface area contributed by atoms with Crippen LogP contribution in [0.5, 0.6) is 5.75 Å². The van der Waals surface area contributed by atoms with Crippen LogP contribution in [0.25, 0.3) is 0 Å². The minimum absolute atomic E-state index is 0.169. The van der Waals surface area contributed by atoms with Crippen LogP contribution in [-0.4, -0.2) is 25.0 Å². The third-order valence-electron chi connectivity index (χ3n) is 7.43. The molecule has 2 saturated heterocycles. The van der Waals surface area contributed by atoms with E-state index in [1.165, 1.54) is 19.2 Å². The zero-order chi connectivity index (χ0) is 28.1. The van der Waals surface area contributed by atoms with Gasteiger partial charge < -0.3 is 4.74 Å². The Bertz CT molecular complexity index is 1560. The van der Waals surface area contributed by atoms with Crippen molar-refractivity contribution in [1.82, 2.24) is 0 Å². The molecule has 2 heterocycles. The second kappa shape index (κ2) is 9.53. The number of imide groups is 1. The lowest BCUT2D eigenvalue weighted by Gasteiger charge is -2.35. The van der Waals surface area contributed by atoms with E-state index in [9.17, 15) is 22.8 Å². The monoisotopic (exact) mass is 544 g/mol. The molecule has 4 aromatic carbocycles. The minimum atomic E-state index is -4.65. The van der Waals surface area contributed by atoms with Crippen molar-refractivity contribution in [3.8, 4) is 5.75 Å². The SMILES string of the molecule is COc1ccc(C2N(c3ccccc3)OC3C(=O)N(c4cccc(C(F)(F)F)c4)C(=O)C32c2ccccc2)cc1. The van der Waals surface area contributed by atoms with Crippen LogP contribution in [-0.2, 0) is 26.0 Å². The summed E-state index contributed by atoms with van der Waals surface area (Å²) in [6, 6.07) is 28.3. The number of fused-ring (bicyclic) bond motifs is 1. The van der Waals surface area contributed by atoms with Gasteiger partial charge in [0.15, 0.2) is 6.10 Å². The van der Waals surface area contributed by atoms with Crippen molar-refractivity contribution < 1.29 is 32.3 Å². The lowest BCUT2D eigenvalue weighted by Crippen LogP contribution is -2.46. The second-order valence-corrected chi connectivity index (χ2v) is 9.58. The van der Waals surface area contributed by atoms with Gasteiger partial charge in [-0.1, -0.05) is 66.7 Å². The van der Waals surface area contributed by atoms with Crippen LogP contribution in [0, 0.1) is 0 Å². The fourth-order valence-electron chi connectivity index (χ4n) is 5.64. The van der Waals surface area contributed by atoms with Crippen molar-refractivity contribution in [1.29, 1.82) is 0 Å². The molecule has 6 rings (SSSR count). The smallest absolute Gasteiger partial charge is 0.416 e. The van der Waals surface area contributed by atoms with E-state index in [0.717, 1.165) is 17.0 Å². The Morgan fingerprint density at radius 1 is 0.800 bits per heavy atom. The van der Waals surface area contributed by atoms with Crippen molar-refractivity contribution in [3.63, 3.8) is 0 Å². The predicted molar refractivity (Wildman–Crippen MR) is 142 cm³/mol. The van der Waals surface area contributed by atoms with Gasteiger partial charge in [-0.2, -0.15) is 13.2 Å². The van der Waals surface area contributed by atoms with Crippen LogP contribution in [0.4, 0.5) is 24.5 Å². The highest BCUT2D eigenvalue weighted by molar-refractivity contribution is 6.28. The molecule has 9 heteroatoms. The maximum atomic E-state index is 14.7. The summed E-state index contributed by atoms with van der Waals surface area (Å²) < 4.78 is 46.0. The molecule has 0 aromatic heterocycles. The third kappa shape index (κ3) is 3.84. The van der Waals surface area contributed by atoms with E-state index in [1.807, 2.05) is 18.2 Å². The van der Waals surface area contributed by atoms with Gasteiger partial charge >= 0.3 is 6.18 Å². The number of rotatable bonds is 5. The van der Waals surface area contributed by atoms with E-state index < -0.39 is 41.1 Å². The van der Waals surface area contributed by atoms with E-state index in [1.54, 1.807) is 71.8 Å². The summed E-state index contributed by atoms with van der Waals surface area (Å²) in [5.74, 6) is -0.823. The predicted octanol–water partition coefficient (Wildman–Crippen LogP) is 6.09. The standard InChI is InChI=1S/C31H23F3N2O4/c1-39-25-17-15-20(16-18-25)26-30(21-9-4-2-5-10-21)27(40-36(26)23-12-6-3-7-13-23)28(37)35(29(30)38)24-14-8-11-22(19-24)31(32,33)34/h2-19,26-27H,1H3. The number of ether oxygens (including phenoxy) is 1. The molecule has 2 amide bonds. The highest BCUT2D eigenvalue weighted by Crippen LogP contribution is 2.57. The molecular formula is C31H23F3N2O4. The Morgan fingerprint density at radius 2 is 1.43 bits per heavy atom. The van der Waals surface area contributed by atoms with Gasteiger partial charge in [-0.3, -0.25) is 14.4 Å². The Balaban J connectivity index is 1.59. The van der Waals surface area contributed by atoms with Crippen molar-refractivity contribution in [3.05, 3.63) is 126 Å². The molecule has 0 spiro atoms. The first-order valence-electron chi connectivity index (χ1n) is 12.5. The average molecular weight is 545 g/mol. The number of nitrogens with zero attached hydrogens (tertiary/aromatic N) is 2. The van der Waals surface area contributed by atoms with Crippen LogP contribution in [0.15, 0.2) is 109 Å². The van der Waals surface area contributed by atoms with Crippen molar-refractivity contribution >= 4 is 23.2 Å². The summed E-state index contributed by atoms with van der Waals surface area (Å²) in [5, 5.41) is 1.55. The van der Waals surface area contributed by atoms with Crippen LogP contribution < -0.4 is 14.7 Å². The molecule has 0 aliphatic carbocycles. The van der Waals surface area contributed by atoms with Crippen LogP contribution in [0.1, 0.15) is 22.7 Å². The summed E-state index contributed by atoms with van der Waals surface area (Å²) in [6.07, 6.45) is -6.00. The maximum Gasteiger partial charge on any atom is 0.416 e. The molecule has 0 radical (unpaired) electrons. The molecule has 6 nitrogen and oxygen atoms in total. The van der Waals surface area contributed by atoms with Crippen molar-refractivity contribution in [2.75, 3.05) is 17.1 Å². The van der Waals surface area contributed by atoms with Crippen molar-refractivity contribution in [2.45, 2.75) is 23.7 Å². The van der Waals surface area contributed by atoms with E-state index in [4.69, 9.17) is 9.57 Å². The fraction of sp³-hybridized carbons (Fsp3) is 0.161. The third-order valence-corrected chi connectivity index (χ3v) is 7.43. The number of hydroxylamine groups is 1. The summed E-state index contributed by atoms with van der Waals surface area (Å²) in [7, 11) is 1.54. The van der Waals surface area contributed by atoms with Gasteiger partial charge in [0.2, 0.25) is 5.91 Å². The number of carbonyl (C=O) groups excluding carboxylic acids is 2. The largest absolute Gasteiger partial charge is 0.497 e. The summed E-state index contributed by atoms with van der Waals surface area (Å²) >= 11 is 0. The average Bonchev–Trinajstić information content (AvgIpc) is 3.44. The molecule has 3 atom stereocenters. The van der Waals surface area contributed by atoms with Gasteiger partial charge in [-0.25, -0.2) is 9.96 Å². The van der Waals surface area contributed by atoms with Gasteiger partial charge in [-0.15, -0.1) is 0 Å². The number of anilines is 2. The zero-order valence-electron chi connectivity index (χ0n) is 21.2. The minimum Gasteiger partial charge on any atom is -0.497 e. The van der Waals surface area contributed by atoms with E-state index in [-0.39, 0.29) is 5.69 Å². The first-order valence-corrected chi connectivity index (χ1v) is 12.5. The van der Waals surface area contributed by atoms with Crippen molar-refractivity contribution in [2.24, 2.45) is 0 Å². The molecule has 2 fully saturated rings. The summed E-state index contributed by atoms with van der Waals surface area (Å²) in [4.78, 5) is 35.9. The Morgan fingerprint density at radius 3 is 2.05 bits per heavy atom. The molecule has 4 aromatic rings. The van der Waals surface area contributed by atoms with Gasteiger partial charge in [0.25, 0.3) is 5.91 Å². The highest BCUT2D eigenvalue weighted by Gasteiger charge is 2.72. The number of benzene rings is 4. The highest BCUT2D eigenvalue weighted by atomic mass is 19.4. The first-order chi connectivity index (χ1) is 19.3. The van der Waals surface area contributed by atoms with E-state index in [0.29, 0.717) is 22.6 Å². The number of methoxy groups -OCH3 is 1. The quantitative estimate of drug-likeness (QED) is 0.285. The number of hydrogen-bond donors (Lipinski definition) is 0. The number of alkyl halides is 3. The first kappa shape index (κ1) is 25.6. The summed E-state index contributed by atoms with van der Waals surface area (Å²) in [5.41, 5.74) is -0.973. The number of halogens is 3. The normalized spacial score (nSPS) is 22.5. The van der Waals surface area contributed by atoms with Crippen LogP contribution in [0.2, 0.25) is 0 Å². The van der Waals surface area contributed by atoms with Gasteiger partial charge in [-0.05, 0) is 53.6 Å². The molecule has 0 saturated carbocycles. The van der Waals surface area contributed by atoms with E-state index >= 15 is 0 Å². The molecular weight excluding hydrogens is 521 g/mol. The zero-order valence-corrected chi connectivity index (χ0v) is 21.2. The molecule has 2 aliphatic rings. The van der Waals surface area contributed by atoms with Gasteiger partial charge in [0, 0.05) is 0 Å². The Hall–Kier alpha value is -4.63. The second-order valence-electron chi connectivity index (χ2n) is 9.58. The van der Waals surface area contributed by atoms with Crippen LogP contribution >= 0.6 is 0 Å². The molecule has 2 aliphatic heterocycles. The number of amides is 2. The molecule has 40 heavy (non-hydrogen) atoms.